The molecule has 0 radical (unpaired) electrons. The van der Waals surface area contributed by atoms with Gasteiger partial charge in [0.2, 0.25) is 0 Å². The summed E-state index contributed by atoms with van der Waals surface area (Å²) in [6.45, 7) is 4.71. The SMILES string of the molecule is CCCCNCC[I-]C. The van der Waals surface area contributed by atoms with Gasteiger partial charge in [-0.2, -0.15) is 0 Å². The average Bonchev–Trinajstić information content (AvgIpc) is 1.89. The van der Waals surface area contributed by atoms with Crippen LogP contribution in [0.3, 0.4) is 0 Å². The van der Waals surface area contributed by atoms with E-state index in [2.05, 4.69) is 17.2 Å². The van der Waals surface area contributed by atoms with Gasteiger partial charge in [0.25, 0.3) is 0 Å². The molecular formula is C7H17IN-. The summed E-state index contributed by atoms with van der Waals surface area (Å²) in [5.41, 5.74) is 0. The summed E-state index contributed by atoms with van der Waals surface area (Å²) in [5.74, 6) is 0. The molecule has 1 N–H and O–H groups in total. The Labute approximate surface area is 68.9 Å². The Balaban J connectivity index is 2.60. The molecule has 58 valence electrons. The molecule has 2 heteroatoms. The van der Waals surface area contributed by atoms with Crippen LogP contribution in [0.4, 0.5) is 0 Å². The van der Waals surface area contributed by atoms with Gasteiger partial charge in [0, 0.05) is 0 Å². The maximum absolute atomic E-state index is 3.41. The minimum absolute atomic E-state index is 0.523. The molecular weight excluding hydrogens is 225 g/mol. The first-order chi connectivity index (χ1) is 4.41. The third-order valence-electron chi connectivity index (χ3n) is 1.17. The van der Waals surface area contributed by atoms with Crippen molar-refractivity contribution in [3.8, 4) is 0 Å². The fourth-order valence-electron chi connectivity index (χ4n) is 0.588. The molecule has 9 heavy (non-hydrogen) atoms. The molecule has 0 amide bonds. The molecule has 0 aliphatic rings. The zero-order valence-corrected chi connectivity index (χ0v) is 8.57. The van der Waals surface area contributed by atoms with Crippen LogP contribution >= 0.6 is 0 Å². The van der Waals surface area contributed by atoms with Crippen molar-refractivity contribution in [2.45, 2.75) is 19.8 Å². The first-order valence-electron chi connectivity index (χ1n) is 3.56. The quantitative estimate of drug-likeness (QED) is 0.326. The van der Waals surface area contributed by atoms with Crippen LogP contribution in [0.5, 0.6) is 0 Å². The molecule has 0 aromatic heterocycles. The Kier molecular flexibility index (Phi) is 9.36. The Morgan fingerprint density at radius 1 is 1.33 bits per heavy atom. The predicted octanol–water partition coefficient (Wildman–Crippen LogP) is -1.91. The number of hydrogen-bond donors (Lipinski definition) is 1. The second-order valence-corrected chi connectivity index (χ2v) is 4.66. The summed E-state index contributed by atoms with van der Waals surface area (Å²) < 4.78 is 1.43. The Morgan fingerprint density at radius 2 is 2.11 bits per heavy atom. The van der Waals surface area contributed by atoms with Gasteiger partial charge in [-0.05, 0) is 0 Å². The Morgan fingerprint density at radius 3 is 2.67 bits per heavy atom. The maximum atomic E-state index is 3.41. The molecule has 0 aromatic rings. The molecule has 0 aliphatic heterocycles. The van der Waals surface area contributed by atoms with Gasteiger partial charge in [-0.1, -0.05) is 0 Å². The van der Waals surface area contributed by atoms with Gasteiger partial charge in [-0.25, -0.2) is 0 Å². The van der Waals surface area contributed by atoms with Gasteiger partial charge in [0.05, 0.1) is 0 Å². The standard InChI is InChI=1S/C7H17IN/c1-3-4-6-9-7-5-8-2/h9H,3-7H2,1-2H3/q-1. The van der Waals surface area contributed by atoms with Gasteiger partial charge >= 0.3 is 68.7 Å². The molecule has 0 aliphatic carbocycles. The molecule has 0 unspecified atom stereocenters. The van der Waals surface area contributed by atoms with E-state index in [-0.39, 0.29) is 0 Å². The van der Waals surface area contributed by atoms with Gasteiger partial charge < -0.3 is 0 Å². The van der Waals surface area contributed by atoms with E-state index >= 15 is 0 Å². The van der Waals surface area contributed by atoms with Crippen molar-refractivity contribution >= 4 is 0 Å². The van der Waals surface area contributed by atoms with E-state index in [1.807, 2.05) is 0 Å². The van der Waals surface area contributed by atoms with Crippen molar-refractivity contribution in [1.29, 1.82) is 0 Å². The van der Waals surface area contributed by atoms with Crippen LogP contribution in [0.2, 0.25) is 0 Å². The summed E-state index contributed by atoms with van der Waals surface area (Å²) in [5, 5.41) is 3.41. The summed E-state index contributed by atoms with van der Waals surface area (Å²) in [6, 6.07) is 0. The van der Waals surface area contributed by atoms with Crippen LogP contribution in [0.25, 0.3) is 0 Å². The molecule has 0 spiro atoms. The normalized spacial score (nSPS) is 10.4. The van der Waals surface area contributed by atoms with Crippen LogP contribution in [0.1, 0.15) is 19.8 Å². The first kappa shape index (κ1) is 9.69. The number of hydrogen-bond acceptors (Lipinski definition) is 1. The summed E-state index contributed by atoms with van der Waals surface area (Å²) >= 11 is 0.523. The van der Waals surface area contributed by atoms with Gasteiger partial charge in [-0.3, -0.25) is 0 Å². The summed E-state index contributed by atoms with van der Waals surface area (Å²) in [6.07, 6.45) is 2.65. The van der Waals surface area contributed by atoms with Crippen LogP contribution in [0.15, 0.2) is 0 Å². The topological polar surface area (TPSA) is 12.0 Å². The molecule has 0 saturated carbocycles. The zero-order chi connectivity index (χ0) is 6.95. The number of nitrogens with one attached hydrogen (secondary N) is 1. The number of alkyl halides is 2. The molecule has 0 bridgehead atoms. The van der Waals surface area contributed by atoms with Gasteiger partial charge in [0.1, 0.15) is 0 Å². The van der Waals surface area contributed by atoms with Crippen molar-refractivity contribution in [2.24, 2.45) is 0 Å². The zero-order valence-electron chi connectivity index (χ0n) is 6.41. The Bertz CT molecular complexity index is 42.2. The van der Waals surface area contributed by atoms with E-state index in [4.69, 9.17) is 0 Å². The number of halogens is 1. The molecule has 0 saturated heterocycles. The first-order valence-corrected chi connectivity index (χ1v) is 7.24. The average molecular weight is 242 g/mol. The van der Waals surface area contributed by atoms with Crippen LogP contribution in [-0.2, 0) is 0 Å². The van der Waals surface area contributed by atoms with Crippen molar-refractivity contribution in [1.82, 2.24) is 5.32 Å². The molecule has 0 fully saturated rings. The van der Waals surface area contributed by atoms with Crippen LogP contribution in [0, 0.1) is 0 Å². The second-order valence-electron chi connectivity index (χ2n) is 2.06. The van der Waals surface area contributed by atoms with E-state index in [9.17, 15) is 0 Å². The van der Waals surface area contributed by atoms with E-state index in [1.165, 1.54) is 30.4 Å². The molecule has 0 atom stereocenters. The van der Waals surface area contributed by atoms with Crippen molar-refractivity contribution in [3.05, 3.63) is 0 Å². The molecule has 0 rings (SSSR count). The minimum atomic E-state index is 0.523. The van der Waals surface area contributed by atoms with Crippen molar-refractivity contribution < 1.29 is 21.2 Å². The number of unbranched alkanes of at least 4 members (excludes halogenated alkanes) is 1. The van der Waals surface area contributed by atoms with E-state index in [0.717, 1.165) is 0 Å². The third kappa shape index (κ3) is 8.69. The predicted molar refractivity (Wildman–Crippen MR) is 38.6 cm³/mol. The van der Waals surface area contributed by atoms with Crippen LogP contribution in [-0.4, -0.2) is 22.4 Å². The fraction of sp³-hybridized carbons (Fsp3) is 1.00. The van der Waals surface area contributed by atoms with E-state index in [0.29, 0.717) is 21.2 Å². The summed E-state index contributed by atoms with van der Waals surface area (Å²) in [7, 11) is 0. The van der Waals surface area contributed by atoms with Crippen LogP contribution < -0.4 is 26.5 Å². The van der Waals surface area contributed by atoms with Crippen molar-refractivity contribution in [2.75, 3.05) is 22.4 Å². The van der Waals surface area contributed by atoms with E-state index < -0.39 is 0 Å². The molecule has 1 nitrogen and oxygen atoms in total. The second kappa shape index (κ2) is 8.69. The Hall–Kier alpha value is 0.690. The number of rotatable bonds is 6. The van der Waals surface area contributed by atoms with Crippen molar-refractivity contribution in [3.63, 3.8) is 0 Å². The van der Waals surface area contributed by atoms with Gasteiger partial charge in [-0.15, -0.1) is 0 Å². The summed E-state index contributed by atoms with van der Waals surface area (Å²) in [4.78, 5) is 2.33. The third-order valence-corrected chi connectivity index (χ3v) is 2.79. The monoisotopic (exact) mass is 242 g/mol. The molecule has 0 heterocycles. The van der Waals surface area contributed by atoms with Gasteiger partial charge in [0.15, 0.2) is 0 Å². The van der Waals surface area contributed by atoms with E-state index in [1.54, 1.807) is 0 Å². The molecule has 0 aromatic carbocycles. The fourth-order valence-corrected chi connectivity index (χ4v) is 1.51.